The summed E-state index contributed by atoms with van der Waals surface area (Å²) in [5.41, 5.74) is -0.837. The molecular weight excluding hydrogens is 411 g/mol. The third-order valence-corrected chi connectivity index (χ3v) is 4.77. The van der Waals surface area contributed by atoms with Gasteiger partial charge in [0.25, 0.3) is 17.5 Å². The Hall–Kier alpha value is -4.48. The van der Waals surface area contributed by atoms with Gasteiger partial charge >= 0.3 is 0 Å². The maximum Gasteiger partial charge on any atom is 0.282 e. The Morgan fingerprint density at radius 1 is 1.23 bits per heavy atom. The van der Waals surface area contributed by atoms with Crippen molar-refractivity contribution in [1.82, 2.24) is 19.7 Å². The number of imide groups is 1. The maximum absolute atomic E-state index is 14.4. The van der Waals surface area contributed by atoms with Gasteiger partial charge in [0.05, 0.1) is 10.5 Å². The molecule has 0 saturated heterocycles. The minimum atomic E-state index is -1.30. The van der Waals surface area contributed by atoms with Gasteiger partial charge in [-0.05, 0) is 31.2 Å². The molecule has 0 spiro atoms. The van der Waals surface area contributed by atoms with Crippen LogP contribution in [0.15, 0.2) is 49.1 Å². The molecule has 1 aromatic heterocycles. The summed E-state index contributed by atoms with van der Waals surface area (Å²) < 4.78 is 15.6. The second kappa shape index (κ2) is 7.40. The number of nitro benzene ring substituents is 1. The molecule has 156 valence electrons. The van der Waals surface area contributed by atoms with E-state index in [0.717, 1.165) is 12.1 Å². The Morgan fingerprint density at radius 2 is 2.00 bits per heavy atom. The average Bonchev–Trinajstić information content (AvgIpc) is 3.35. The summed E-state index contributed by atoms with van der Waals surface area (Å²) in [6, 6.07) is 6.21. The van der Waals surface area contributed by atoms with Gasteiger partial charge in [0.1, 0.15) is 29.9 Å². The number of hydrogen-bond donors (Lipinski definition) is 1. The molecule has 0 saturated carbocycles. The molecule has 0 bridgehead atoms. The minimum absolute atomic E-state index is 0.0841. The van der Waals surface area contributed by atoms with Crippen LogP contribution >= 0.6 is 0 Å². The second-order valence-corrected chi connectivity index (χ2v) is 6.61. The van der Waals surface area contributed by atoms with E-state index < -0.39 is 40.2 Å². The van der Waals surface area contributed by atoms with Crippen molar-refractivity contribution in [1.29, 1.82) is 0 Å². The third-order valence-electron chi connectivity index (χ3n) is 4.77. The summed E-state index contributed by atoms with van der Waals surface area (Å²) in [5, 5.41) is 17.5. The van der Waals surface area contributed by atoms with Crippen LogP contribution in [0.25, 0.3) is 5.69 Å². The number of aromatic nitrogens is 3. The smallest absolute Gasteiger partial charge is 0.282 e. The highest BCUT2D eigenvalue weighted by Crippen LogP contribution is 2.32. The molecule has 3 aromatic rings. The Kier molecular flexibility index (Phi) is 4.73. The zero-order valence-electron chi connectivity index (χ0n) is 15.9. The zero-order valence-corrected chi connectivity index (χ0v) is 15.9. The largest absolute Gasteiger partial charge is 0.324 e. The van der Waals surface area contributed by atoms with Gasteiger partial charge < -0.3 is 5.32 Å². The molecule has 0 fully saturated rings. The zero-order chi connectivity index (χ0) is 22.3. The van der Waals surface area contributed by atoms with Gasteiger partial charge in [0.2, 0.25) is 5.91 Å². The van der Waals surface area contributed by atoms with E-state index in [1.54, 1.807) is 0 Å². The number of nitrogens with zero attached hydrogens (tertiary/aromatic N) is 5. The highest BCUT2D eigenvalue weighted by molar-refractivity contribution is 6.24. The Balaban J connectivity index is 1.56. The topological polar surface area (TPSA) is 140 Å². The van der Waals surface area contributed by atoms with E-state index in [-0.39, 0.29) is 22.5 Å². The number of anilines is 1. The quantitative estimate of drug-likeness (QED) is 0.375. The van der Waals surface area contributed by atoms with Crippen molar-refractivity contribution in [2.75, 3.05) is 5.32 Å². The Labute approximate surface area is 173 Å². The van der Waals surface area contributed by atoms with Gasteiger partial charge in [-0.2, -0.15) is 5.10 Å². The van der Waals surface area contributed by atoms with Crippen LogP contribution in [0.2, 0.25) is 0 Å². The summed E-state index contributed by atoms with van der Waals surface area (Å²) in [5.74, 6) is -3.22. The molecule has 3 amide bonds. The normalized spacial score (nSPS) is 13.8. The number of halogens is 1. The van der Waals surface area contributed by atoms with Crippen LogP contribution in [-0.4, -0.2) is 48.4 Å². The molecule has 12 heteroatoms. The SMILES string of the molecule is CC(C(=O)Nc1ccc(-n2cncn2)c(F)c1)N1C(=O)c2cccc([N+](=O)[O-])c2C1=O. The lowest BCUT2D eigenvalue weighted by atomic mass is 10.1. The van der Waals surface area contributed by atoms with Gasteiger partial charge in [0, 0.05) is 11.8 Å². The lowest BCUT2D eigenvalue weighted by Crippen LogP contribution is -2.45. The summed E-state index contributed by atoms with van der Waals surface area (Å²) in [7, 11) is 0. The number of carbonyl (C=O) groups is 3. The third kappa shape index (κ3) is 3.29. The number of hydrogen-bond acceptors (Lipinski definition) is 7. The molecule has 1 aliphatic heterocycles. The lowest BCUT2D eigenvalue weighted by Gasteiger charge is -2.21. The number of nitro groups is 1. The fraction of sp³-hybridized carbons (Fsp3) is 0.105. The predicted molar refractivity (Wildman–Crippen MR) is 103 cm³/mol. The number of rotatable bonds is 5. The van der Waals surface area contributed by atoms with Gasteiger partial charge in [-0.25, -0.2) is 14.1 Å². The number of carbonyl (C=O) groups excluding carboxylic acids is 3. The summed E-state index contributed by atoms with van der Waals surface area (Å²) >= 11 is 0. The molecule has 2 aromatic carbocycles. The summed E-state index contributed by atoms with van der Waals surface area (Å²) in [6.45, 7) is 1.29. The van der Waals surface area contributed by atoms with E-state index in [2.05, 4.69) is 15.4 Å². The van der Waals surface area contributed by atoms with E-state index in [4.69, 9.17) is 0 Å². The molecular formula is C19H13FN6O5. The first kappa shape index (κ1) is 19.8. The summed E-state index contributed by atoms with van der Waals surface area (Å²) in [4.78, 5) is 52.8. The van der Waals surface area contributed by atoms with Crippen molar-refractivity contribution in [2.45, 2.75) is 13.0 Å². The van der Waals surface area contributed by atoms with E-state index in [1.807, 2.05) is 0 Å². The van der Waals surface area contributed by atoms with Crippen LogP contribution in [-0.2, 0) is 4.79 Å². The molecule has 0 aliphatic carbocycles. The van der Waals surface area contributed by atoms with Gasteiger partial charge in [-0.1, -0.05) is 6.07 Å². The monoisotopic (exact) mass is 424 g/mol. The van der Waals surface area contributed by atoms with Crippen LogP contribution in [0.1, 0.15) is 27.6 Å². The number of nitrogens with one attached hydrogen (secondary N) is 1. The maximum atomic E-state index is 14.4. The molecule has 2 heterocycles. The first-order valence-corrected chi connectivity index (χ1v) is 8.90. The fourth-order valence-corrected chi connectivity index (χ4v) is 3.26. The second-order valence-electron chi connectivity index (χ2n) is 6.61. The summed E-state index contributed by atoms with van der Waals surface area (Å²) in [6.07, 6.45) is 2.55. The molecule has 0 radical (unpaired) electrons. The highest BCUT2D eigenvalue weighted by atomic mass is 19.1. The van der Waals surface area contributed by atoms with Gasteiger partial charge in [-0.15, -0.1) is 0 Å². The van der Waals surface area contributed by atoms with Crippen LogP contribution in [0.4, 0.5) is 15.8 Å². The van der Waals surface area contributed by atoms with Crippen molar-refractivity contribution >= 4 is 29.1 Å². The van der Waals surface area contributed by atoms with Crippen molar-refractivity contribution in [3.63, 3.8) is 0 Å². The highest BCUT2D eigenvalue weighted by Gasteiger charge is 2.44. The van der Waals surface area contributed by atoms with E-state index in [1.165, 1.54) is 48.5 Å². The molecule has 31 heavy (non-hydrogen) atoms. The van der Waals surface area contributed by atoms with Crippen LogP contribution in [0.3, 0.4) is 0 Å². The molecule has 1 N–H and O–H groups in total. The first-order valence-electron chi connectivity index (χ1n) is 8.90. The minimum Gasteiger partial charge on any atom is -0.324 e. The van der Waals surface area contributed by atoms with Crippen LogP contribution < -0.4 is 5.32 Å². The van der Waals surface area contributed by atoms with Crippen molar-refractivity contribution in [3.8, 4) is 5.69 Å². The van der Waals surface area contributed by atoms with Crippen LogP contribution in [0, 0.1) is 15.9 Å². The van der Waals surface area contributed by atoms with E-state index in [0.29, 0.717) is 4.90 Å². The number of amides is 3. The number of fused-ring (bicyclic) bond motifs is 1. The standard InChI is InChI=1S/C19H13FN6O5/c1-10(25-18(28)12-3-2-4-15(26(30)31)16(12)19(25)29)17(27)23-11-5-6-14(13(20)7-11)24-9-21-8-22-24/h2-10H,1H3,(H,23,27). The molecule has 1 atom stereocenters. The molecule has 4 rings (SSSR count). The van der Waals surface area contributed by atoms with Crippen LogP contribution in [0.5, 0.6) is 0 Å². The Bertz CT molecular complexity index is 1240. The van der Waals surface area contributed by atoms with E-state index in [9.17, 15) is 28.9 Å². The molecule has 11 nitrogen and oxygen atoms in total. The first-order chi connectivity index (χ1) is 14.8. The Morgan fingerprint density at radius 3 is 2.65 bits per heavy atom. The fourth-order valence-electron chi connectivity index (χ4n) is 3.26. The lowest BCUT2D eigenvalue weighted by molar-refractivity contribution is -0.385. The predicted octanol–water partition coefficient (Wildman–Crippen LogP) is 1.94. The van der Waals surface area contributed by atoms with Gasteiger partial charge in [0.15, 0.2) is 5.82 Å². The van der Waals surface area contributed by atoms with Crippen molar-refractivity contribution in [3.05, 3.63) is 76.1 Å². The molecule has 1 aliphatic rings. The molecule has 1 unspecified atom stereocenters. The van der Waals surface area contributed by atoms with Crippen molar-refractivity contribution in [2.24, 2.45) is 0 Å². The van der Waals surface area contributed by atoms with Gasteiger partial charge in [-0.3, -0.25) is 29.4 Å². The van der Waals surface area contributed by atoms with Crippen molar-refractivity contribution < 1.29 is 23.7 Å². The average molecular weight is 424 g/mol. The van der Waals surface area contributed by atoms with E-state index >= 15 is 0 Å². The number of benzene rings is 2.